The van der Waals surface area contributed by atoms with Crippen LogP contribution in [0.15, 0.2) is 251 Å². The third-order valence-corrected chi connectivity index (χ3v) is 15.9. The maximum Gasteiger partial charge on any atom is 0.345 e. The molecule has 15 rings (SSSR count). The molecule has 9 heteroatoms. The number of para-hydroxylation sites is 7. The molecule has 0 spiro atoms. The highest BCUT2D eigenvalue weighted by molar-refractivity contribution is 6.14. The second-order valence-electron chi connectivity index (χ2n) is 20.7. The van der Waals surface area contributed by atoms with Crippen LogP contribution in [0.2, 0.25) is 0 Å². The Hall–Kier alpha value is -11.0. The third-order valence-electron chi connectivity index (χ3n) is 15.9. The molecule has 0 aliphatic carbocycles. The first-order valence-corrected chi connectivity index (χ1v) is 27.6. The maximum atomic E-state index is 13.2. The summed E-state index contributed by atoms with van der Waals surface area (Å²) in [5, 5.41) is 10.9. The molecule has 0 N–H and O–H groups in total. The molecule has 4 aromatic heterocycles. The number of pyridine rings is 4. The molecule has 9 nitrogen and oxygen atoms in total. The van der Waals surface area contributed by atoms with Gasteiger partial charge in [0.15, 0.2) is 16.3 Å². The van der Waals surface area contributed by atoms with Crippen molar-refractivity contribution in [2.24, 2.45) is 28.2 Å². The zero-order chi connectivity index (χ0) is 58.8. The van der Waals surface area contributed by atoms with Gasteiger partial charge in [0.25, 0.3) is 0 Å². The minimum Gasteiger partial charge on any atom is -0.422 e. The molecule has 15 aromatic rings. The van der Waals surface area contributed by atoms with E-state index in [0.717, 1.165) is 120 Å². The molecule has 0 bridgehead atoms. The molecule has 0 amide bonds. The first kappa shape index (κ1) is 55.0. The fourth-order valence-electron chi connectivity index (χ4n) is 11.7. The maximum absolute atomic E-state index is 13.2. The van der Waals surface area contributed by atoms with Gasteiger partial charge in [0.05, 0.1) is 54.8 Å². The topological polar surface area (TPSA) is 96.2 Å². The van der Waals surface area contributed by atoms with Crippen LogP contribution in [-0.2, 0) is 28.2 Å². The average Bonchev–Trinajstić information content (AvgIpc) is 1.48. The Kier molecular flexibility index (Phi) is 15.2. The van der Waals surface area contributed by atoms with Crippen molar-refractivity contribution < 1.29 is 14.1 Å². The number of ether oxygens (including phenoxy) is 1. The number of terminal acetylenes is 1. The number of aryl methyl sites for hydroxylation is 6. The van der Waals surface area contributed by atoms with E-state index in [1.807, 2.05) is 260 Å². The van der Waals surface area contributed by atoms with E-state index in [1.54, 1.807) is 0 Å². The molecule has 0 unspecified atom stereocenters. The van der Waals surface area contributed by atoms with Gasteiger partial charge in [-0.05, 0) is 125 Å². The monoisotopic (exact) mass is 1100 g/mol. The second-order valence-corrected chi connectivity index (χ2v) is 20.7. The molecule has 84 heavy (non-hydrogen) atoms. The number of aromatic nitrogens is 4. The van der Waals surface area contributed by atoms with Crippen molar-refractivity contribution in [3.8, 4) is 18.6 Å². The summed E-state index contributed by atoms with van der Waals surface area (Å²) in [6, 6.07) is 77.1. The number of fused-ring (bicyclic) bond motifs is 11. The number of nitrogens with zero attached hydrogens (tertiary/aromatic N) is 4. The normalized spacial score (nSPS) is 11.0. The van der Waals surface area contributed by atoms with E-state index in [9.17, 15) is 19.2 Å². The molecular weight excluding hydrogens is 1040 g/mol. The Bertz CT molecular complexity index is 5160. The number of hydrogen-bond donors (Lipinski definition) is 0. The standard InChI is InChI=1S/C23H20NO2.2C18H13NO.C14H11NO.C2H2/c1-15-9-8-10-16(2)22(15)26-23(25)21-17-11-4-6-13-19(17)24(3)20-14-7-5-12-18(20)21;1-19-16-9-5-4-8-14(16)18(20)15-10-12-6-2-3-7-13(12)11-17(15)19;1-19-15-9-5-4-8-14(15)18(20)17-13-7-3-2-6-12(13)10-11-16(17)19;1-15-12-8-4-2-6-10(12)14(16)11-7-3-5-9-13(11)15;1-2/h4-14H,1-3H3;2*2-11H,1H3;2-9H,1H3;1-2H/q+1;;;;. The lowest BCUT2D eigenvalue weighted by Gasteiger charge is -2.13. The largest absolute Gasteiger partial charge is 0.422 e. The summed E-state index contributed by atoms with van der Waals surface area (Å²) in [6.07, 6.45) is 8.00. The number of benzene rings is 11. The van der Waals surface area contributed by atoms with Gasteiger partial charge in [-0.15, -0.1) is 12.8 Å². The van der Waals surface area contributed by atoms with Gasteiger partial charge >= 0.3 is 5.97 Å². The number of carbonyl (C=O) groups excluding carboxylic acids is 1. The van der Waals surface area contributed by atoms with Crippen LogP contribution in [0.5, 0.6) is 5.75 Å². The van der Waals surface area contributed by atoms with Crippen LogP contribution in [0.3, 0.4) is 0 Å². The minimum atomic E-state index is -0.324. The van der Waals surface area contributed by atoms with Crippen LogP contribution in [0.1, 0.15) is 21.5 Å². The number of hydrogen-bond acceptors (Lipinski definition) is 5. The fourth-order valence-corrected chi connectivity index (χ4v) is 11.7. The summed E-state index contributed by atoms with van der Waals surface area (Å²) < 4.78 is 14.2. The van der Waals surface area contributed by atoms with E-state index >= 15 is 0 Å². The fraction of sp³-hybridized carbons (Fsp3) is 0.0800. The molecule has 0 aliphatic heterocycles. The molecule has 0 aliphatic rings. The summed E-state index contributed by atoms with van der Waals surface area (Å²) in [5.74, 6) is 0.314. The van der Waals surface area contributed by atoms with Gasteiger partial charge in [-0.1, -0.05) is 146 Å². The van der Waals surface area contributed by atoms with Crippen LogP contribution in [0, 0.1) is 26.7 Å². The first-order chi connectivity index (χ1) is 40.9. The Morgan fingerprint density at radius 2 is 0.738 bits per heavy atom. The summed E-state index contributed by atoms with van der Waals surface area (Å²) in [6.45, 7) is 3.91. The van der Waals surface area contributed by atoms with Crippen molar-refractivity contribution >= 4 is 115 Å². The Morgan fingerprint density at radius 1 is 0.369 bits per heavy atom. The van der Waals surface area contributed by atoms with Crippen LogP contribution in [0.4, 0.5) is 0 Å². The van der Waals surface area contributed by atoms with E-state index in [2.05, 4.69) is 49.3 Å². The van der Waals surface area contributed by atoms with Crippen molar-refractivity contribution in [1.82, 2.24) is 13.7 Å². The Labute approximate surface area is 484 Å². The predicted molar refractivity (Wildman–Crippen MR) is 348 cm³/mol. The Morgan fingerprint density at radius 3 is 1.24 bits per heavy atom. The highest BCUT2D eigenvalue weighted by Gasteiger charge is 2.24. The van der Waals surface area contributed by atoms with Crippen molar-refractivity contribution in [2.45, 2.75) is 13.8 Å². The van der Waals surface area contributed by atoms with Crippen LogP contribution >= 0.6 is 0 Å². The lowest BCUT2D eigenvalue weighted by atomic mass is 10.0. The smallest absolute Gasteiger partial charge is 0.345 e. The van der Waals surface area contributed by atoms with E-state index in [1.165, 1.54) is 0 Å². The van der Waals surface area contributed by atoms with Crippen molar-refractivity contribution in [3.05, 3.63) is 284 Å². The van der Waals surface area contributed by atoms with E-state index in [0.29, 0.717) is 11.3 Å². The van der Waals surface area contributed by atoms with E-state index in [-0.39, 0.29) is 22.3 Å². The first-order valence-electron chi connectivity index (χ1n) is 27.6. The average molecular weight is 1100 g/mol. The zero-order valence-electron chi connectivity index (χ0n) is 47.5. The van der Waals surface area contributed by atoms with Gasteiger partial charge in [0, 0.05) is 60.2 Å². The Balaban J connectivity index is 0.000000117. The van der Waals surface area contributed by atoms with Crippen molar-refractivity contribution in [2.75, 3.05) is 0 Å². The molecule has 0 fully saturated rings. The molecule has 0 radical (unpaired) electrons. The second kappa shape index (κ2) is 23.3. The van der Waals surface area contributed by atoms with Crippen LogP contribution in [-0.4, -0.2) is 19.7 Å². The molecule has 408 valence electrons. The molecule has 4 heterocycles. The van der Waals surface area contributed by atoms with Gasteiger partial charge in [-0.2, -0.15) is 4.57 Å². The van der Waals surface area contributed by atoms with Gasteiger partial charge in [-0.3, -0.25) is 14.4 Å². The lowest BCUT2D eigenvalue weighted by Crippen LogP contribution is -2.31. The zero-order valence-corrected chi connectivity index (χ0v) is 47.5. The summed E-state index contributed by atoms with van der Waals surface area (Å²) >= 11 is 0. The van der Waals surface area contributed by atoms with Crippen LogP contribution in [0.25, 0.3) is 109 Å². The summed E-state index contributed by atoms with van der Waals surface area (Å²) in [7, 11) is 8.03. The quantitative estimate of drug-likeness (QED) is 0.0429. The molecule has 11 aromatic carbocycles. The molecule has 0 saturated carbocycles. The molecule has 0 saturated heterocycles. The van der Waals surface area contributed by atoms with Gasteiger partial charge in [-0.25, -0.2) is 4.79 Å². The van der Waals surface area contributed by atoms with Crippen molar-refractivity contribution in [1.29, 1.82) is 0 Å². The number of rotatable bonds is 2. The van der Waals surface area contributed by atoms with E-state index in [4.69, 9.17) is 4.74 Å². The summed E-state index contributed by atoms with van der Waals surface area (Å²) in [4.78, 5) is 51.0. The number of esters is 1. The third kappa shape index (κ3) is 9.86. The van der Waals surface area contributed by atoms with Gasteiger partial charge in [0.2, 0.25) is 11.0 Å². The highest BCUT2D eigenvalue weighted by Crippen LogP contribution is 2.30. The highest BCUT2D eigenvalue weighted by atomic mass is 16.5. The van der Waals surface area contributed by atoms with Gasteiger partial charge in [0.1, 0.15) is 12.8 Å². The number of carbonyl (C=O) groups is 1. The molecule has 0 atom stereocenters. The summed E-state index contributed by atoms with van der Waals surface area (Å²) in [5.41, 5.74) is 10.7. The van der Waals surface area contributed by atoms with Gasteiger partial charge < -0.3 is 18.4 Å². The van der Waals surface area contributed by atoms with Crippen LogP contribution < -0.4 is 25.6 Å². The van der Waals surface area contributed by atoms with E-state index < -0.39 is 0 Å². The van der Waals surface area contributed by atoms with Crippen molar-refractivity contribution in [3.63, 3.8) is 0 Å². The predicted octanol–water partition coefficient (Wildman–Crippen LogP) is 15.3. The lowest BCUT2D eigenvalue weighted by molar-refractivity contribution is -0.617. The SMILES string of the molecule is C#C.Cc1cccc(C)c1OC(=O)c1c2ccccc2[n+](C)c2ccccc12.Cn1c2ccccc2c(=O)c2c3ccccc3ccc21.Cn1c2ccccc2c(=O)c2cc3ccccc3cc21.Cn1c2ccccc2c(=O)c2ccccc21. The molecular formula is C75H59N4O5+. The minimum absolute atomic E-state index is 0.111.